The third-order valence-corrected chi connectivity index (χ3v) is 2.45. The molecule has 0 bridgehead atoms. The minimum Gasteiger partial charge on any atom is -0.434 e. The van der Waals surface area contributed by atoms with Crippen molar-refractivity contribution in [3.63, 3.8) is 0 Å². The molecule has 8 heteroatoms. The van der Waals surface area contributed by atoms with Gasteiger partial charge >= 0.3 is 6.61 Å². The van der Waals surface area contributed by atoms with Gasteiger partial charge in [0, 0.05) is 13.1 Å². The van der Waals surface area contributed by atoms with Crippen LogP contribution in [0.4, 0.5) is 13.2 Å². The number of alkyl halides is 2. The van der Waals surface area contributed by atoms with Gasteiger partial charge < -0.3 is 15.4 Å². The molecule has 1 aromatic rings. The molecule has 0 heterocycles. The average Bonchev–Trinajstić information content (AvgIpc) is 2.43. The molecule has 0 aliphatic heterocycles. The molecule has 0 aliphatic carbocycles. The van der Waals surface area contributed by atoms with Crippen LogP contribution in [0.3, 0.4) is 0 Å². The van der Waals surface area contributed by atoms with Crippen LogP contribution in [0.15, 0.2) is 35.8 Å². The quantitative estimate of drug-likeness (QED) is 0.303. The molecule has 0 saturated heterocycles. The summed E-state index contributed by atoms with van der Waals surface area (Å²) in [6, 6.07) is 3.76. The van der Waals surface area contributed by atoms with Crippen LogP contribution in [0, 0.1) is 5.82 Å². The Labute approximate surface area is 144 Å². The third kappa shape index (κ3) is 7.01. The summed E-state index contributed by atoms with van der Waals surface area (Å²) in [6.45, 7) is 3.39. The molecule has 0 radical (unpaired) electrons. The molecular weight excluding hydrogens is 410 g/mol. The number of aliphatic imine (C=N–C) groups is 1. The van der Waals surface area contributed by atoms with E-state index in [1.165, 1.54) is 18.2 Å². The molecule has 0 fully saturated rings. The number of hydrogen-bond donors (Lipinski definition) is 2. The van der Waals surface area contributed by atoms with Gasteiger partial charge in [-0.3, -0.25) is 0 Å². The zero-order valence-electron chi connectivity index (χ0n) is 12.1. The van der Waals surface area contributed by atoms with Crippen LogP contribution in [0.1, 0.15) is 12.5 Å². The minimum absolute atomic E-state index is 0. The zero-order chi connectivity index (χ0) is 15.7. The molecule has 0 unspecified atom stereocenters. The molecule has 0 amide bonds. The molecule has 0 atom stereocenters. The van der Waals surface area contributed by atoms with E-state index in [2.05, 4.69) is 26.9 Å². The molecule has 0 aromatic heterocycles. The summed E-state index contributed by atoms with van der Waals surface area (Å²) in [5.74, 6) is -0.423. The Morgan fingerprint density at radius 2 is 2.14 bits per heavy atom. The van der Waals surface area contributed by atoms with Crippen molar-refractivity contribution in [1.29, 1.82) is 0 Å². The summed E-state index contributed by atoms with van der Waals surface area (Å²) in [6.07, 6.45) is 1.64. The van der Waals surface area contributed by atoms with Gasteiger partial charge in [0.1, 0.15) is 11.6 Å². The molecule has 1 aromatic carbocycles. The van der Waals surface area contributed by atoms with Crippen molar-refractivity contribution in [1.82, 2.24) is 10.6 Å². The van der Waals surface area contributed by atoms with Gasteiger partial charge in [-0.1, -0.05) is 12.1 Å². The number of ether oxygens (including phenoxy) is 1. The Morgan fingerprint density at radius 1 is 1.41 bits per heavy atom. The van der Waals surface area contributed by atoms with E-state index in [4.69, 9.17) is 0 Å². The molecular formula is C14H19F3IN3O. The molecule has 0 aliphatic rings. The first-order valence-corrected chi connectivity index (χ1v) is 6.43. The summed E-state index contributed by atoms with van der Waals surface area (Å²) in [5.41, 5.74) is -0.0198. The fourth-order valence-electron chi connectivity index (χ4n) is 1.57. The largest absolute Gasteiger partial charge is 0.434 e. The Bertz CT molecular complexity index is 498. The van der Waals surface area contributed by atoms with E-state index in [9.17, 15) is 13.2 Å². The number of guanidine groups is 1. The van der Waals surface area contributed by atoms with E-state index in [1.807, 2.05) is 6.92 Å². The molecule has 2 N–H and O–H groups in total. The standard InChI is InChI=1S/C14H18F3N3O.HI/c1-3-8-19-14(18-4-2)20-9-10-11(15)6-5-7-12(10)21-13(16)17;/h3,5-7,13H,1,4,8-9H2,2H3,(H2,18,19,20);1H. The highest BCUT2D eigenvalue weighted by atomic mass is 127. The van der Waals surface area contributed by atoms with Crippen LogP contribution < -0.4 is 15.4 Å². The topological polar surface area (TPSA) is 45.7 Å². The highest BCUT2D eigenvalue weighted by Crippen LogP contribution is 2.24. The van der Waals surface area contributed by atoms with Gasteiger partial charge in [0.25, 0.3) is 0 Å². The van der Waals surface area contributed by atoms with Crippen LogP contribution in [0.25, 0.3) is 0 Å². The predicted octanol–water partition coefficient (Wildman–Crippen LogP) is 3.29. The van der Waals surface area contributed by atoms with Gasteiger partial charge in [-0.25, -0.2) is 9.38 Å². The molecule has 22 heavy (non-hydrogen) atoms. The zero-order valence-corrected chi connectivity index (χ0v) is 14.4. The van der Waals surface area contributed by atoms with Gasteiger partial charge in [-0.2, -0.15) is 8.78 Å². The Kier molecular flexibility index (Phi) is 10.4. The first-order valence-electron chi connectivity index (χ1n) is 6.43. The summed E-state index contributed by atoms with van der Waals surface area (Å²) in [7, 11) is 0. The fourth-order valence-corrected chi connectivity index (χ4v) is 1.57. The van der Waals surface area contributed by atoms with Crippen LogP contribution in [-0.4, -0.2) is 25.7 Å². The molecule has 124 valence electrons. The van der Waals surface area contributed by atoms with Crippen molar-refractivity contribution in [3.8, 4) is 5.75 Å². The third-order valence-electron chi connectivity index (χ3n) is 2.45. The fraction of sp³-hybridized carbons (Fsp3) is 0.357. The number of halogens is 4. The highest BCUT2D eigenvalue weighted by molar-refractivity contribution is 14.0. The normalized spacial score (nSPS) is 10.9. The lowest BCUT2D eigenvalue weighted by Crippen LogP contribution is -2.37. The summed E-state index contributed by atoms with van der Waals surface area (Å²) in [5, 5.41) is 5.88. The maximum Gasteiger partial charge on any atom is 0.387 e. The Morgan fingerprint density at radius 3 is 2.73 bits per heavy atom. The lowest BCUT2D eigenvalue weighted by molar-refractivity contribution is -0.0506. The van der Waals surface area contributed by atoms with E-state index >= 15 is 0 Å². The van der Waals surface area contributed by atoms with E-state index in [0.29, 0.717) is 19.0 Å². The van der Waals surface area contributed by atoms with Crippen LogP contribution in [0.2, 0.25) is 0 Å². The first kappa shape index (κ1) is 20.6. The van der Waals surface area contributed by atoms with Gasteiger partial charge in [0.2, 0.25) is 0 Å². The average molecular weight is 429 g/mol. The Balaban J connectivity index is 0.00000441. The summed E-state index contributed by atoms with van der Waals surface area (Å²) < 4.78 is 42.6. The van der Waals surface area contributed by atoms with Crippen molar-refractivity contribution in [2.45, 2.75) is 20.1 Å². The highest BCUT2D eigenvalue weighted by Gasteiger charge is 2.13. The van der Waals surface area contributed by atoms with Crippen molar-refractivity contribution >= 4 is 29.9 Å². The lowest BCUT2D eigenvalue weighted by atomic mass is 10.2. The van der Waals surface area contributed by atoms with Crippen molar-refractivity contribution in [2.24, 2.45) is 4.99 Å². The Hall–Kier alpha value is -1.45. The van der Waals surface area contributed by atoms with Gasteiger partial charge in [0.05, 0.1) is 12.1 Å². The van der Waals surface area contributed by atoms with Crippen molar-refractivity contribution in [2.75, 3.05) is 13.1 Å². The van der Waals surface area contributed by atoms with Crippen LogP contribution in [0.5, 0.6) is 5.75 Å². The number of nitrogens with zero attached hydrogens (tertiary/aromatic N) is 1. The monoisotopic (exact) mass is 429 g/mol. The van der Waals surface area contributed by atoms with Crippen molar-refractivity contribution < 1.29 is 17.9 Å². The second-order valence-corrected chi connectivity index (χ2v) is 3.96. The van der Waals surface area contributed by atoms with Crippen LogP contribution in [-0.2, 0) is 6.54 Å². The first-order chi connectivity index (χ1) is 10.1. The lowest BCUT2D eigenvalue weighted by Gasteiger charge is -2.12. The predicted molar refractivity (Wildman–Crippen MR) is 91.5 cm³/mol. The summed E-state index contributed by atoms with van der Waals surface area (Å²) >= 11 is 0. The van der Waals surface area contributed by atoms with Gasteiger partial charge in [0.15, 0.2) is 5.96 Å². The van der Waals surface area contributed by atoms with E-state index in [-0.39, 0.29) is 41.8 Å². The summed E-state index contributed by atoms with van der Waals surface area (Å²) in [4.78, 5) is 4.13. The molecule has 0 spiro atoms. The second kappa shape index (κ2) is 11.2. The molecule has 4 nitrogen and oxygen atoms in total. The SMILES string of the molecule is C=CCNC(=NCc1c(F)cccc1OC(F)F)NCC.I. The molecule has 0 saturated carbocycles. The van der Waals surface area contributed by atoms with Gasteiger partial charge in [-0.15, -0.1) is 30.6 Å². The number of hydrogen-bond acceptors (Lipinski definition) is 2. The maximum absolute atomic E-state index is 13.7. The minimum atomic E-state index is -3.01. The number of benzene rings is 1. The van der Waals surface area contributed by atoms with E-state index in [1.54, 1.807) is 6.08 Å². The van der Waals surface area contributed by atoms with Crippen molar-refractivity contribution in [3.05, 3.63) is 42.2 Å². The molecule has 1 rings (SSSR count). The number of nitrogens with one attached hydrogen (secondary N) is 2. The second-order valence-electron chi connectivity index (χ2n) is 3.96. The van der Waals surface area contributed by atoms with E-state index < -0.39 is 12.4 Å². The van der Waals surface area contributed by atoms with E-state index in [0.717, 1.165) is 0 Å². The number of rotatable bonds is 7. The maximum atomic E-state index is 13.7. The van der Waals surface area contributed by atoms with Gasteiger partial charge in [-0.05, 0) is 19.1 Å². The van der Waals surface area contributed by atoms with Crippen LogP contribution >= 0.6 is 24.0 Å². The smallest absolute Gasteiger partial charge is 0.387 e.